The van der Waals surface area contributed by atoms with Crippen molar-refractivity contribution in [3.8, 4) is 0 Å². The van der Waals surface area contributed by atoms with Crippen molar-refractivity contribution in [1.82, 2.24) is 20.0 Å². The summed E-state index contributed by atoms with van der Waals surface area (Å²) < 4.78 is 0. The smallest absolute Gasteiger partial charge is 0.422 e. The summed E-state index contributed by atoms with van der Waals surface area (Å²) in [6, 6.07) is 1.17. The molecule has 2 heterocycles. The van der Waals surface area contributed by atoms with Crippen LogP contribution >= 0.6 is 0 Å². The van der Waals surface area contributed by atoms with E-state index in [1.54, 1.807) is 26.1 Å². The Morgan fingerprint density at radius 1 is 1.56 bits per heavy atom. The molecule has 0 spiro atoms. The minimum absolute atomic E-state index is 0.506. The van der Waals surface area contributed by atoms with Gasteiger partial charge in [-0.2, -0.15) is 0 Å². The first-order chi connectivity index (χ1) is 8.50. The quantitative estimate of drug-likeness (QED) is 0.433. The van der Waals surface area contributed by atoms with Gasteiger partial charge in [0.25, 0.3) is 0 Å². The molecule has 1 radical (unpaired) electrons. The number of hydrazine groups is 1. The van der Waals surface area contributed by atoms with Crippen LogP contribution in [0, 0.1) is 5.92 Å². The Labute approximate surface area is 104 Å². The molecule has 1 atom stereocenters. The van der Waals surface area contributed by atoms with Gasteiger partial charge in [0.15, 0.2) is 5.65 Å². The number of nitrogens with zero attached hydrogens (tertiary/aromatic N) is 3. The van der Waals surface area contributed by atoms with E-state index in [4.69, 9.17) is 10.9 Å². The first-order valence-corrected chi connectivity index (χ1v) is 5.37. The molecule has 0 aliphatic carbocycles. The molecular weight excluding hydrogens is 234 g/mol. The van der Waals surface area contributed by atoms with Crippen LogP contribution in [0.2, 0.25) is 0 Å². The Kier molecular flexibility index (Phi) is 3.15. The van der Waals surface area contributed by atoms with Crippen LogP contribution in [0.15, 0.2) is 18.5 Å². The van der Waals surface area contributed by atoms with E-state index >= 15 is 0 Å². The number of aromatic amines is 1. The molecule has 0 fully saturated rings. The summed E-state index contributed by atoms with van der Waals surface area (Å²) in [5.41, 5.74) is 1.84. The molecule has 2 aromatic rings. The lowest BCUT2D eigenvalue weighted by molar-refractivity contribution is 0.126. The fourth-order valence-corrected chi connectivity index (χ4v) is 1.80. The van der Waals surface area contributed by atoms with E-state index in [-0.39, 0.29) is 0 Å². The number of amides is 1. The minimum Gasteiger partial charge on any atom is -0.464 e. The SMILES string of the molecule is C[C](C)C(c1cnc2[nH]ccc2n1)N(N)C(=O)O. The molecule has 1 unspecified atom stereocenters. The van der Waals surface area contributed by atoms with Crippen LogP contribution in [0.1, 0.15) is 25.6 Å². The van der Waals surface area contributed by atoms with Crippen LogP contribution in [-0.4, -0.2) is 31.2 Å². The number of H-pyrrole nitrogens is 1. The van der Waals surface area contributed by atoms with Gasteiger partial charge in [0.05, 0.1) is 11.9 Å². The molecule has 0 aliphatic heterocycles. The highest BCUT2D eigenvalue weighted by atomic mass is 16.4. The van der Waals surface area contributed by atoms with Gasteiger partial charge < -0.3 is 10.1 Å². The fourth-order valence-electron chi connectivity index (χ4n) is 1.80. The lowest BCUT2D eigenvalue weighted by Crippen LogP contribution is -2.41. The van der Waals surface area contributed by atoms with Crippen LogP contribution in [0.3, 0.4) is 0 Å². The largest absolute Gasteiger partial charge is 0.464 e. The lowest BCUT2D eigenvalue weighted by Gasteiger charge is -2.27. The summed E-state index contributed by atoms with van der Waals surface area (Å²) in [4.78, 5) is 22.4. The van der Waals surface area contributed by atoms with Crippen molar-refractivity contribution in [2.24, 2.45) is 5.84 Å². The van der Waals surface area contributed by atoms with E-state index in [0.717, 1.165) is 10.9 Å². The van der Waals surface area contributed by atoms with Crippen molar-refractivity contribution in [2.45, 2.75) is 19.9 Å². The molecule has 18 heavy (non-hydrogen) atoms. The topological polar surface area (TPSA) is 108 Å². The number of hydrogen-bond acceptors (Lipinski definition) is 4. The van der Waals surface area contributed by atoms with Gasteiger partial charge in [0, 0.05) is 12.1 Å². The molecule has 95 valence electrons. The highest BCUT2D eigenvalue weighted by molar-refractivity contribution is 5.70. The normalized spacial score (nSPS) is 12.9. The number of aromatic nitrogens is 3. The molecule has 0 aliphatic rings. The van der Waals surface area contributed by atoms with E-state index in [0.29, 0.717) is 16.9 Å². The van der Waals surface area contributed by atoms with Crippen LogP contribution in [0.25, 0.3) is 11.2 Å². The van der Waals surface area contributed by atoms with Crippen molar-refractivity contribution in [1.29, 1.82) is 0 Å². The molecule has 0 saturated heterocycles. The predicted molar refractivity (Wildman–Crippen MR) is 65.3 cm³/mol. The van der Waals surface area contributed by atoms with Crippen LogP contribution < -0.4 is 5.84 Å². The molecular formula is C11H14N5O2. The summed E-state index contributed by atoms with van der Waals surface area (Å²) in [5, 5.41) is 9.70. The Morgan fingerprint density at radius 3 is 2.89 bits per heavy atom. The van der Waals surface area contributed by atoms with E-state index in [1.807, 2.05) is 0 Å². The maximum absolute atomic E-state index is 11.0. The molecule has 2 aromatic heterocycles. The average Bonchev–Trinajstić information content (AvgIpc) is 2.75. The number of nitrogens with one attached hydrogen (secondary N) is 1. The van der Waals surface area contributed by atoms with Crippen molar-refractivity contribution < 1.29 is 9.90 Å². The zero-order valence-electron chi connectivity index (χ0n) is 10.1. The van der Waals surface area contributed by atoms with E-state index in [2.05, 4.69) is 15.0 Å². The van der Waals surface area contributed by atoms with Crippen LogP contribution in [0.5, 0.6) is 0 Å². The second kappa shape index (κ2) is 4.61. The second-order valence-electron chi connectivity index (χ2n) is 4.18. The van der Waals surface area contributed by atoms with Crippen molar-refractivity contribution in [2.75, 3.05) is 0 Å². The molecule has 0 bridgehead atoms. The number of nitrogens with two attached hydrogens (primary N) is 1. The third kappa shape index (κ3) is 2.12. The van der Waals surface area contributed by atoms with Crippen molar-refractivity contribution in [3.63, 3.8) is 0 Å². The van der Waals surface area contributed by atoms with E-state index < -0.39 is 12.1 Å². The van der Waals surface area contributed by atoms with Gasteiger partial charge in [-0.05, 0) is 6.07 Å². The Hall–Kier alpha value is -2.15. The monoisotopic (exact) mass is 248 g/mol. The number of carboxylic acid groups (broad SMARTS) is 1. The number of carbonyl (C=O) groups is 1. The molecule has 0 aromatic carbocycles. The van der Waals surface area contributed by atoms with E-state index in [9.17, 15) is 4.79 Å². The summed E-state index contributed by atoms with van der Waals surface area (Å²) in [6.45, 7) is 3.60. The van der Waals surface area contributed by atoms with E-state index in [1.165, 1.54) is 6.20 Å². The third-order valence-electron chi connectivity index (χ3n) is 2.61. The van der Waals surface area contributed by atoms with Gasteiger partial charge in [-0.25, -0.2) is 25.6 Å². The summed E-state index contributed by atoms with van der Waals surface area (Å²) in [6.07, 6.45) is 2.04. The molecule has 2 rings (SSSR count). The second-order valence-corrected chi connectivity index (χ2v) is 4.18. The molecule has 0 saturated carbocycles. The fraction of sp³-hybridized carbons (Fsp3) is 0.273. The number of rotatable bonds is 3. The maximum Gasteiger partial charge on any atom is 0.422 e. The third-order valence-corrected chi connectivity index (χ3v) is 2.61. The Bertz CT molecular complexity index is 565. The summed E-state index contributed by atoms with van der Waals surface area (Å²) >= 11 is 0. The molecule has 1 amide bonds. The van der Waals surface area contributed by atoms with Gasteiger partial charge in [0.1, 0.15) is 11.6 Å². The first-order valence-electron chi connectivity index (χ1n) is 5.37. The summed E-state index contributed by atoms with van der Waals surface area (Å²) in [7, 11) is 0. The number of fused-ring (bicyclic) bond motifs is 1. The van der Waals surface area contributed by atoms with Gasteiger partial charge in [-0.15, -0.1) is 0 Å². The van der Waals surface area contributed by atoms with Crippen molar-refractivity contribution in [3.05, 3.63) is 30.1 Å². The summed E-state index contributed by atoms with van der Waals surface area (Å²) in [5.74, 6) is 6.37. The highest BCUT2D eigenvalue weighted by Crippen LogP contribution is 2.26. The zero-order chi connectivity index (χ0) is 13.3. The molecule has 4 N–H and O–H groups in total. The maximum atomic E-state index is 11.0. The van der Waals surface area contributed by atoms with Gasteiger partial charge in [0.2, 0.25) is 0 Å². The zero-order valence-corrected chi connectivity index (χ0v) is 10.1. The Balaban J connectivity index is 2.44. The lowest BCUT2D eigenvalue weighted by atomic mass is 10.0. The van der Waals surface area contributed by atoms with Gasteiger partial charge in [-0.3, -0.25) is 0 Å². The Morgan fingerprint density at radius 2 is 2.28 bits per heavy atom. The minimum atomic E-state index is -1.21. The van der Waals surface area contributed by atoms with Crippen LogP contribution in [0.4, 0.5) is 4.79 Å². The predicted octanol–water partition coefficient (Wildman–Crippen LogP) is 1.47. The molecule has 7 nitrogen and oxygen atoms in total. The first kappa shape index (κ1) is 12.3. The van der Waals surface area contributed by atoms with Crippen molar-refractivity contribution >= 4 is 17.3 Å². The molecule has 7 heteroatoms. The number of hydrogen-bond donors (Lipinski definition) is 3. The van der Waals surface area contributed by atoms with Gasteiger partial charge >= 0.3 is 6.09 Å². The standard InChI is InChI=1S/C11H14N5O2/c1-6(2)9(16(12)11(17)18)8-5-14-10-7(15-8)3-4-13-10/h3-5,9H,12H2,1-2H3,(H,13,14)(H,17,18). The highest BCUT2D eigenvalue weighted by Gasteiger charge is 2.27. The van der Waals surface area contributed by atoms with Crippen LogP contribution in [-0.2, 0) is 0 Å². The average molecular weight is 248 g/mol. The van der Waals surface area contributed by atoms with Gasteiger partial charge in [-0.1, -0.05) is 13.8 Å².